The zero-order chi connectivity index (χ0) is 14.0. The van der Waals surface area contributed by atoms with Crippen LogP contribution in [0.1, 0.15) is 48.7 Å². The molecule has 3 aliphatic carbocycles. The van der Waals surface area contributed by atoms with Gasteiger partial charge in [0.25, 0.3) is 0 Å². The number of benzene rings is 1. The van der Waals surface area contributed by atoms with E-state index in [1.165, 1.54) is 58.5 Å². The van der Waals surface area contributed by atoms with E-state index in [1.54, 1.807) is 0 Å². The number of nitrogens with one attached hydrogen (secondary N) is 1. The van der Waals surface area contributed by atoms with E-state index in [0.717, 1.165) is 24.7 Å². The van der Waals surface area contributed by atoms with E-state index < -0.39 is 0 Å². The molecule has 0 saturated heterocycles. The normalized spacial score (nSPS) is 29.5. The number of rotatable bonds is 1. The first-order valence-electron chi connectivity index (χ1n) is 8.15. The van der Waals surface area contributed by atoms with Gasteiger partial charge in [0.2, 0.25) is 0 Å². The average molecular weight is 343 g/mol. The minimum absolute atomic E-state index is 0.694. The van der Waals surface area contributed by atoms with Crippen LogP contribution in [0, 0.1) is 11.8 Å². The molecule has 5 rings (SSSR count). The van der Waals surface area contributed by atoms with Crippen molar-refractivity contribution in [2.45, 2.75) is 44.4 Å². The second kappa shape index (κ2) is 4.45. The first-order chi connectivity index (χ1) is 10.3. The van der Waals surface area contributed by atoms with Gasteiger partial charge in [-0.1, -0.05) is 22.0 Å². The van der Waals surface area contributed by atoms with Crippen LogP contribution in [0.5, 0.6) is 0 Å². The molecule has 1 heterocycles. The van der Waals surface area contributed by atoms with E-state index in [9.17, 15) is 0 Å². The van der Waals surface area contributed by atoms with Crippen molar-refractivity contribution in [1.29, 1.82) is 0 Å². The first kappa shape index (κ1) is 12.5. The molecule has 3 aliphatic rings. The van der Waals surface area contributed by atoms with Crippen molar-refractivity contribution in [1.82, 2.24) is 9.97 Å². The summed E-state index contributed by atoms with van der Waals surface area (Å²) >= 11 is 3.60. The molecule has 3 atom stereocenters. The molecule has 0 spiro atoms. The molecule has 1 aromatic carbocycles. The number of imidazole rings is 1. The van der Waals surface area contributed by atoms with Gasteiger partial charge in [-0.2, -0.15) is 0 Å². The Morgan fingerprint density at radius 3 is 2.81 bits per heavy atom. The van der Waals surface area contributed by atoms with Crippen LogP contribution >= 0.6 is 15.9 Å². The summed E-state index contributed by atoms with van der Waals surface area (Å²) in [4.78, 5) is 8.74. The lowest BCUT2D eigenvalue weighted by atomic mass is 10.0. The highest BCUT2D eigenvalue weighted by Crippen LogP contribution is 2.57. The fourth-order valence-electron chi connectivity index (χ4n) is 4.42. The van der Waals surface area contributed by atoms with Gasteiger partial charge in [-0.15, -0.1) is 0 Å². The van der Waals surface area contributed by atoms with Crippen LogP contribution < -0.4 is 0 Å². The Hall–Kier alpha value is -1.09. The molecular formula is C18H19BrN2. The largest absolute Gasteiger partial charge is 0.345 e. The summed E-state index contributed by atoms with van der Waals surface area (Å²) in [6, 6.07) is 6.65. The highest BCUT2D eigenvalue weighted by atomic mass is 79.9. The summed E-state index contributed by atoms with van der Waals surface area (Å²) < 4.78 is 1.18. The molecule has 2 fully saturated rings. The van der Waals surface area contributed by atoms with E-state index in [4.69, 9.17) is 4.98 Å². The lowest BCUT2D eigenvalue weighted by Crippen LogP contribution is -1.99. The zero-order valence-electron chi connectivity index (χ0n) is 12.0. The molecule has 1 aromatic heterocycles. The molecule has 3 heteroatoms. The number of halogens is 1. The summed E-state index contributed by atoms with van der Waals surface area (Å²) in [6.45, 7) is 0. The summed E-state index contributed by atoms with van der Waals surface area (Å²) in [6.07, 6.45) is 7.71. The number of hydrogen-bond donors (Lipinski definition) is 1. The van der Waals surface area contributed by atoms with Gasteiger partial charge >= 0.3 is 0 Å². The number of aromatic nitrogens is 2. The Kier molecular flexibility index (Phi) is 2.64. The van der Waals surface area contributed by atoms with Crippen LogP contribution in [0.3, 0.4) is 0 Å². The van der Waals surface area contributed by atoms with E-state index in [1.807, 2.05) is 0 Å². The maximum atomic E-state index is 5.05. The predicted molar refractivity (Wildman–Crippen MR) is 87.3 cm³/mol. The summed E-state index contributed by atoms with van der Waals surface area (Å²) in [5, 5.41) is 0. The van der Waals surface area contributed by atoms with Gasteiger partial charge in [0.15, 0.2) is 0 Å². The molecule has 21 heavy (non-hydrogen) atoms. The Bertz CT molecular complexity index is 708. The van der Waals surface area contributed by atoms with Gasteiger partial charge in [0.05, 0.1) is 5.69 Å². The SMILES string of the molecule is Brc1ccc2c(c1)CCCc1[nH]c([C@H]3C[C@@H]4C[C@@H]4C3)nc1-2. The Morgan fingerprint density at radius 1 is 1.10 bits per heavy atom. The first-order valence-corrected chi connectivity index (χ1v) is 8.95. The molecule has 0 amide bonds. The number of nitrogens with zero attached hydrogens (tertiary/aromatic N) is 1. The average Bonchev–Trinajstić information content (AvgIpc) is 2.93. The number of aromatic amines is 1. The lowest BCUT2D eigenvalue weighted by Gasteiger charge is -2.08. The van der Waals surface area contributed by atoms with Crippen LogP contribution in [0.25, 0.3) is 11.3 Å². The van der Waals surface area contributed by atoms with E-state index in [0.29, 0.717) is 5.92 Å². The highest BCUT2D eigenvalue weighted by molar-refractivity contribution is 9.10. The lowest BCUT2D eigenvalue weighted by molar-refractivity contribution is 0.594. The van der Waals surface area contributed by atoms with Crippen LogP contribution in [0.2, 0.25) is 0 Å². The minimum atomic E-state index is 0.694. The molecule has 0 unspecified atom stereocenters. The number of aryl methyl sites for hydroxylation is 2. The van der Waals surface area contributed by atoms with Gasteiger partial charge in [-0.25, -0.2) is 4.98 Å². The smallest absolute Gasteiger partial charge is 0.110 e. The maximum Gasteiger partial charge on any atom is 0.110 e. The molecule has 0 bridgehead atoms. The molecule has 2 saturated carbocycles. The van der Waals surface area contributed by atoms with E-state index >= 15 is 0 Å². The molecule has 2 aromatic rings. The second-order valence-corrected chi connectivity index (χ2v) is 7.94. The third-order valence-electron chi connectivity index (χ3n) is 5.62. The Labute approximate surface area is 133 Å². The number of fused-ring (bicyclic) bond motifs is 4. The molecule has 108 valence electrons. The van der Waals surface area contributed by atoms with Crippen molar-refractivity contribution >= 4 is 15.9 Å². The Morgan fingerprint density at radius 2 is 1.95 bits per heavy atom. The zero-order valence-corrected chi connectivity index (χ0v) is 13.6. The van der Waals surface area contributed by atoms with Gasteiger partial charge in [0.1, 0.15) is 5.82 Å². The standard InChI is InChI=1S/C18H19BrN2/c19-14-4-5-15-10(9-14)2-1-3-16-17(15)21-18(20-16)13-7-11-6-12(11)8-13/h4-5,9,11-13H,1-3,6-8H2,(H,20,21)/t11-,12+,13-. The fourth-order valence-corrected chi connectivity index (χ4v) is 4.83. The van der Waals surface area contributed by atoms with Crippen molar-refractivity contribution in [2.75, 3.05) is 0 Å². The van der Waals surface area contributed by atoms with Crippen molar-refractivity contribution in [3.63, 3.8) is 0 Å². The molecule has 1 N–H and O–H groups in total. The third kappa shape index (κ3) is 2.01. The molecule has 2 nitrogen and oxygen atoms in total. The van der Waals surface area contributed by atoms with E-state index in [2.05, 4.69) is 39.1 Å². The van der Waals surface area contributed by atoms with E-state index in [-0.39, 0.29) is 0 Å². The fraction of sp³-hybridized carbons (Fsp3) is 0.500. The summed E-state index contributed by atoms with van der Waals surface area (Å²) in [5.41, 5.74) is 5.38. The predicted octanol–water partition coefficient (Wildman–Crippen LogP) is 4.84. The Balaban J connectivity index is 1.57. The van der Waals surface area contributed by atoms with Crippen LogP contribution in [-0.2, 0) is 12.8 Å². The van der Waals surface area contributed by atoms with Crippen molar-refractivity contribution in [3.05, 3.63) is 39.8 Å². The van der Waals surface area contributed by atoms with Gasteiger partial charge in [-0.3, -0.25) is 0 Å². The van der Waals surface area contributed by atoms with Gasteiger partial charge in [0, 0.05) is 21.6 Å². The number of hydrogen-bond acceptors (Lipinski definition) is 1. The van der Waals surface area contributed by atoms with Crippen molar-refractivity contribution in [2.24, 2.45) is 11.8 Å². The summed E-state index contributed by atoms with van der Waals surface area (Å²) in [5.74, 6) is 3.99. The highest BCUT2D eigenvalue weighted by Gasteiger charge is 2.47. The van der Waals surface area contributed by atoms with Crippen LogP contribution in [0.15, 0.2) is 22.7 Å². The quantitative estimate of drug-likeness (QED) is 0.788. The third-order valence-corrected chi connectivity index (χ3v) is 6.12. The maximum absolute atomic E-state index is 5.05. The topological polar surface area (TPSA) is 28.7 Å². The van der Waals surface area contributed by atoms with Gasteiger partial charge in [-0.05, 0) is 68.1 Å². The minimum Gasteiger partial charge on any atom is -0.345 e. The summed E-state index contributed by atoms with van der Waals surface area (Å²) in [7, 11) is 0. The molecule has 0 radical (unpaired) electrons. The monoisotopic (exact) mass is 342 g/mol. The van der Waals surface area contributed by atoms with Gasteiger partial charge < -0.3 is 4.98 Å². The van der Waals surface area contributed by atoms with Crippen molar-refractivity contribution < 1.29 is 0 Å². The van der Waals surface area contributed by atoms with Crippen LogP contribution in [-0.4, -0.2) is 9.97 Å². The molecule has 0 aliphatic heterocycles. The molecular weight excluding hydrogens is 324 g/mol. The number of H-pyrrole nitrogens is 1. The van der Waals surface area contributed by atoms with Crippen LogP contribution in [0.4, 0.5) is 0 Å². The second-order valence-electron chi connectivity index (χ2n) is 7.03. The van der Waals surface area contributed by atoms with Crippen molar-refractivity contribution in [3.8, 4) is 11.3 Å².